The Balaban J connectivity index is 1.81. The van der Waals surface area contributed by atoms with Crippen molar-refractivity contribution in [3.05, 3.63) is 35.9 Å². The number of nitrogens with zero attached hydrogens (tertiary/aromatic N) is 2. The molecule has 0 saturated heterocycles. The molecule has 0 heterocycles. The molecule has 2 rings (SSSR count). The van der Waals surface area contributed by atoms with E-state index < -0.39 is 0 Å². The van der Waals surface area contributed by atoms with Crippen LogP contribution in [-0.2, 0) is 4.79 Å². The zero-order chi connectivity index (χ0) is 15.4. The second-order valence-corrected chi connectivity index (χ2v) is 6.28. The van der Waals surface area contributed by atoms with Gasteiger partial charge < -0.3 is 10.0 Å². The number of benzene rings is 1. The summed E-state index contributed by atoms with van der Waals surface area (Å²) in [5.41, 5.74) is 1.15. The second kappa shape index (κ2) is 7.05. The predicted molar refractivity (Wildman–Crippen MR) is 83.9 cm³/mol. The van der Waals surface area contributed by atoms with E-state index in [4.69, 9.17) is 0 Å². The number of aliphatic hydroxyl groups is 1. The van der Waals surface area contributed by atoms with E-state index in [1.54, 1.807) is 4.90 Å². The van der Waals surface area contributed by atoms with E-state index >= 15 is 0 Å². The summed E-state index contributed by atoms with van der Waals surface area (Å²) in [7, 11) is 3.84. The van der Waals surface area contributed by atoms with Gasteiger partial charge in [-0.05, 0) is 38.3 Å². The van der Waals surface area contributed by atoms with Crippen molar-refractivity contribution >= 4 is 5.91 Å². The third-order valence-electron chi connectivity index (χ3n) is 4.44. The fourth-order valence-electron chi connectivity index (χ4n) is 2.87. The molecule has 1 unspecified atom stereocenters. The van der Waals surface area contributed by atoms with Gasteiger partial charge in [-0.3, -0.25) is 9.69 Å². The van der Waals surface area contributed by atoms with Gasteiger partial charge in [-0.25, -0.2) is 0 Å². The SMILES string of the molecule is CC(c1ccccc1)N(C)C(=O)CN(C)CC1CC(O)C1. The van der Waals surface area contributed by atoms with Crippen LogP contribution in [0.1, 0.15) is 31.4 Å². The first-order valence-electron chi connectivity index (χ1n) is 7.64. The van der Waals surface area contributed by atoms with E-state index in [1.807, 2.05) is 44.4 Å². The van der Waals surface area contributed by atoms with Gasteiger partial charge >= 0.3 is 0 Å². The molecule has 1 aromatic rings. The van der Waals surface area contributed by atoms with Crippen molar-refractivity contribution in [2.75, 3.05) is 27.2 Å². The molecule has 21 heavy (non-hydrogen) atoms. The average Bonchev–Trinajstić information content (AvgIpc) is 2.44. The van der Waals surface area contributed by atoms with Gasteiger partial charge in [0.15, 0.2) is 0 Å². The number of rotatable bonds is 6. The van der Waals surface area contributed by atoms with Gasteiger partial charge in [-0.2, -0.15) is 0 Å². The number of aliphatic hydroxyl groups excluding tert-OH is 1. The maximum Gasteiger partial charge on any atom is 0.236 e. The summed E-state index contributed by atoms with van der Waals surface area (Å²) in [5.74, 6) is 0.670. The number of carbonyl (C=O) groups excluding carboxylic acids is 1. The minimum atomic E-state index is -0.125. The maximum atomic E-state index is 12.4. The van der Waals surface area contributed by atoms with Crippen LogP contribution in [0.4, 0.5) is 0 Å². The minimum absolute atomic E-state index is 0.0811. The summed E-state index contributed by atoms with van der Waals surface area (Å²) in [4.78, 5) is 16.2. The zero-order valence-electron chi connectivity index (χ0n) is 13.2. The molecule has 1 aliphatic carbocycles. The lowest BCUT2D eigenvalue weighted by Crippen LogP contribution is -2.42. The van der Waals surface area contributed by atoms with Crippen LogP contribution in [0, 0.1) is 5.92 Å². The van der Waals surface area contributed by atoms with Crippen molar-refractivity contribution in [1.82, 2.24) is 9.80 Å². The molecular weight excluding hydrogens is 264 g/mol. The summed E-state index contributed by atoms with van der Waals surface area (Å²) in [5, 5.41) is 9.31. The van der Waals surface area contributed by atoms with Crippen LogP contribution in [-0.4, -0.2) is 54.1 Å². The molecule has 0 radical (unpaired) electrons. The molecule has 1 N–H and O–H groups in total. The highest BCUT2D eigenvalue weighted by atomic mass is 16.3. The van der Waals surface area contributed by atoms with Gasteiger partial charge in [0.2, 0.25) is 5.91 Å². The highest BCUT2D eigenvalue weighted by molar-refractivity contribution is 5.78. The van der Waals surface area contributed by atoms with E-state index in [9.17, 15) is 9.90 Å². The van der Waals surface area contributed by atoms with Gasteiger partial charge in [0, 0.05) is 13.6 Å². The number of likely N-dealkylation sites (N-methyl/N-ethyl adjacent to an activating group) is 2. The third kappa shape index (κ3) is 4.29. The minimum Gasteiger partial charge on any atom is -0.393 e. The highest BCUT2D eigenvalue weighted by Gasteiger charge is 2.28. The number of amides is 1. The average molecular weight is 290 g/mol. The first kappa shape index (κ1) is 16.0. The lowest BCUT2D eigenvalue weighted by atomic mass is 9.82. The fraction of sp³-hybridized carbons (Fsp3) is 0.588. The summed E-state index contributed by atoms with van der Waals surface area (Å²) >= 11 is 0. The molecule has 0 bridgehead atoms. The van der Waals surface area contributed by atoms with Crippen LogP contribution in [0.25, 0.3) is 0 Å². The van der Waals surface area contributed by atoms with Crippen molar-refractivity contribution in [2.24, 2.45) is 5.92 Å². The van der Waals surface area contributed by atoms with Crippen molar-refractivity contribution in [3.8, 4) is 0 Å². The standard InChI is InChI=1S/C17H26N2O2/c1-13(15-7-5-4-6-8-15)19(3)17(21)12-18(2)11-14-9-16(20)10-14/h4-8,13-14,16,20H,9-12H2,1-3H3. The monoisotopic (exact) mass is 290 g/mol. The van der Waals surface area contributed by atoms with E-state index in [2.05, 4.69) is 11.8 Å². The Bertz CT molecular complexity index is 457. The Kier molecular flexibility index (Phi) is 5.37. The first-order chi connectivity index (χ1) is 9.97. The molecular formula is C17H26N2O2. The van der Waals surface area contributed by atoms with Crippen molar-refractivity contribution in [3.63, 3.8) is 0 Å². The lowest BCUT2D eigenvalue weighted by Gasteiger charge is -2.35. The molecule has 1 fully saturated rings. The smallest absolute Gasteiger partial charge is 0.236 e. The number of hydrogen-bond acceptors (Lipinski definition) is 3. The molecule has 1 atom stereocenters. The Labute approximate surface area is 127 Å². The van der Waals surface area contributed by atoms with Crippen molar-refractivity contribution in [1.29, 1.82) is 0 Å². The molecule has 0 aliphatic heterocycles. The Morgan fingerprint density at radius 3 is 2.48 bits per heavy atom. The van der Waals surface area contributed by atoms with Crippen LogP contribution in [0.15, 0.2) is 30.3 Å². The molecule has 1 amide bonds. The Hall–Kier alpha value is -1.39. The molecule has 0 aromatic heterocycles. The van der Waals surface area contributed by atoms with Crippen molar-refractivity contribution in [2.45, 2.75) is 31.9 Å². The van der Waals surface area contributed by atoms with E-state index in [1.165, 1.54) is 0 Å². The summed E-state index contributed by atoms with van der Waals surface area (Å²) in [6, 6.07) is 10.2. The van der Waals surface area contributed by atoms with Crippen LogP contribution >= 0.6 is 0 Å². The van der Waals surface area contributed by atoms with Gasteiger partial charge in [-0.1, -0.05) is 30.3 Å². The fourth-order valence-corrected chi connectivity index (χ4v) is 2.87. The Morgan fingerprint density at radius 2 is 1.90 bits per heavy atom. The Morgan fingerprint density at radius 1 is 1.29 bits per heavy atom. The second-order valence-electron chi connectivity index (χ2n) is 6.28. The predicted octanol–water partition coefficient (Wildman–Crippen LogP) is 1.91. The van der Waals surface area contributed by atoms with Crippen LogP contribution in [0.3, 0.4) is 0 Å². The molecule has 1 aliphatic rings. The summed E-state index contributed by atoms with van der Waals surface area (Å²) in [6.45, 7) is 3.37. The molecule has 4 heteroatoms. The molecule has 4 nitrogen and oxygen atoms in total. The van der Waals surface area contributed by atoms with Crippen LogP contribution in [0.5, 0.6) is 0 Å². The highest BCUT2D eigenvalue weighted by Crippen LogP contribution is 2.27. The summed E-state index contributed by atoms with van der Waals surface area (Å²) < 4.78 is 0. The van der Waals surface area contributed by atoms with Gasteiger partial charge in [0.05, 0.1) is 18.7 Å². The topological polar surface area (TPSA) is 43.8 Å². The third-order valence-corrected chi connectivity index (χ3v) is 4.44. The number of carbonyl (C=O) groups is 1. The van der Waals surface area contributed by atoms with E-state index in [0.29, 0.717) is 12.5 Å². The first-order valence-corrected chi connectivity index (χ1v) is 7.64. The van der Waals surface area contributed by atoms with Crippen molar-refractivity contribution < 1.29 is 9.90 Å². The molecule has 1 saturated carbocycles. The van der Waals surface area contributed by atoms with Gasteiger partial charge in [-0.15, -0.1) is 0 Å². The maximum absolute atomic E-state index is 12.4. The number of hydrogen-bond donors (Lipinski definition) is 1. The zero-order valence-corrected chi connectivity index (χ0v) is 13.2. The van der Waals surface area contributed by atoms with E-state index in [0.717, 1.165) is 24.9 Å². The van der Waals surface area contributed by atoms with Gasteiger partial charge in [0.25, 0.3) is 0 Å². The molecule has 0 spiro atoms. The normalized spacial score (nSPS) is 22.7. The van der Waals surface area contributed by atoms with Gasteiger partial charge in [0.1, 0.15) is 0 Å². The largest absolute Gasteiger partial charge is 0.393 e. The van der Waals surface area contributed by atoms with Crippen LogP contribution < -0.4 is 0 Å². The van der Waals surface area contributed by atoms with Crippen LogP contribution in [0.2, 0.25) is 0 Å². The molecule has 116 valence electrons. The quantitative estimate of drug-likeness (QED) is 0.870. The molecule has 1 aromatic carbocycles. The summed E-state index contributed by atoms with van der Waals surface area (Å²) in [6.07, 6.45) is 1.61. The van der Waals surface area contributed by atoms with E-state index in [-0.39, 0.29) is 18.1 Å². The lowest BCUT2D eigenvalue weighted by molar-refractivity contribution is -0.133.